The molecule has 3 amide bonds. The van der Waals surface area contributed by atoms with Crippen molar-refractivity contribution in [2.45, 2.75) is 38.5 Å². The van der Waals surface area contributed by atoms with Crippen LogP contribution in [-0.4, -0.2) is 44.0 Å². The standard InChI is InChI=1S/C16H27N3O2/c1-19(2)15(21)18-4-3-17-14(20)16-8-11-5-12(9-16)7-13(6-11)10-16/h11-13H,3-10H2,1-2H3,(H,17,20)(H,18,21). The van der Waals surface area contributed by atoms with Gasteiger partial charge in [-0.25, -0.2) is 4.79 Å². The van der Waals surface area contributed by atoms with E-state index in [1.54, 1.807) is 14.1 Å². The van der Waals surface area contributed by atoms with Gasteiger partial charge in [0.1, 0.15) is 0 Å². The zero-order valence-corrected chi connectivity index (χ0v) is 13.2. The summed E-state index contributed by atoms with van der Waals surface area (Å²) in [7, 11) is 3.42. The molecule has 5 heteroatoms. The van der Waals surface area contributed by atoms with Gasteiger partial charge in [0.05, 0.1) is 0 Å². The highest BCUT2D eigenvalue weighted by atomic mass is 16.2. The first kappa shape index (κ1) is 14.7. The van der Waals surface area contributed by atoms with E-state index < -0.39 is 0 Å². The number of urea groups is 1. The van der Waals surface area contributed by atoms with Crippen molar-refractivity contribution in [1.82, 2.24) is 15.5 Å². The van der Waals surface area contributed by atoms with E-state index in [0.29, 0.717) is 13.1 Å². The van der Waals surface area contributed by atoms with Crippen LogP contribution in [0.3, 0.4) is 0 Å². The predicted molar refractivity (Wildman–Crippen MR) is 80.7 cm³/mol. The molecule has 0 aliphatic heterocycles. The first-order valence-electron chi connectivity index (χ1n) is 8.22. The fourth-order valence-electron chi connectivity index (χ4n) is 5.08. The molecular weight excluding hydrogens is 266 g/mol. The molecule has 0 saturated heterocycles. The lowest BCUT2D eigenvalue weighted by atomic mass is 9.49. The fourth-order valence-corrected chi connectivity index (χ4v) is 5.08. The number of nitrogens with one attached hydrogen (secondary N) is 2. The minimum atomic E-state index is -0.112. The molecule has 0 aromatic rings. The van der Waals surface area contributed by atoms with E-state index in [0.717, 1.165) is 37.0 Å². The average molecular weight is 293 g/mol. The van der Waals surface area contributed by atoms with Crippen LogP contribution in [0, 0.1) is 23.2 Å². The van der Waals surface area contributed by atoms with Crippen molar-refractivity contribution in [2.75, 3.05) is 27.2 Å². The third kappa shape index (κ3) is 2.87. The van der Waals surface area contributed by atoms with Gasteiger partial charge in [0.25, 0.3) is 0 Å². The van der Waals surface area contributed by atoms with Crippen LogP contribution in [-0.2, 0) is 4.79 Å². The number of hydrogen-bond acceptors (Lipinski definition) is 2. The van der Waals surface area contributed by atoms with Crippen molar-refractivity contribution in [3.05, 3.63) is 0 Å². The first-order chi connectivity index (χ1) is 9.98. The maximum absolute atomic E-state index is 12.6. The summed E-state index contributed by atoms with van der Waals surface area (Å²) in [6, 6.07) is -0.112. The Morgan fingerprint density at radius 1 is 0.952 bits per heavy atom. The molecule has 0 radical (unpaired) electrons. The van der Waals surface area contributed by atoms with E-state index in [2.05, 4.69) is 10.6 Å². The summed E-state index contributed by atoms with van der Waals surface area (Å²) in [5.41, 5.74) is -0.0830. The Bertz CT molecular complexity index is 398. The molecule has 0 aromatic heterocycles. The summed E-state index contributed by atoms with van der Waals surface area (Å²) < 4.78 is 0. The van der Waals surface area contributed by atoms with Crippen LogP contribution in [0.1, 0.15) is 38.5 Å². The van der Waals surface area contributed by atoms with E-state index in [9.17, 15) is 9.59 Å². The van der Waals surface area contributed by atoms with Gasteiger partial charge in [-0.2, -0.15) is 0 Å². The van der Waals surface area contributed by atoms with Crippen LogP contribution in [0.25, 0.3) is 0 Å². The molecule has 4 aliphatic rings. The monoisotopic (exact) mass is 293 g/mol. The summed E-state index contributed by atoms with van der Waals surface area (Å²) >= 11 is 0. The molecule has 118 valence electrons. The highest BCUT2D eigenvalue weighted by Gasteiger charge is 2.54. The lowest BCUT2D eigenvalue weighted by Gasteiger charge is -2.55. The van der Waals surface area contributed by atoms with Crippen LogP contribution < -0.4 is 10.6 Å². The minimum absolute atomic E-state index is 0.0830. The lowest BCUT2D eigenvalue weighted by molar-refractivity contribution is -0.146. The second-order valence-electron chi connectivity index (χ2n) is 7.58. The zero-order chi connectivity index (χ0) is 15.0. The van der Waals surface area contributed by atoms with Gasteiger partial charge in [0.15, 0.2) is 0 Å². The van der Waals surface area contributed by atoms with Crippen molar-refractivity contribution < 1.29 is 9.59 Å². The predicted octanol–water partition coefficient (Wildman–Crippen LogP) is 1.59. The quantitative estimate of drug-likeness (QED) is 0.773. The Morgan fingerprint density at radius 3 is 1.90 bits per heavy atom. The van der Waals surface area contributed by atoms with Crippen LogP contribution in [0.4, 0.5) is 4.79 Å². The SMILES string of the molecule is CN(C)C(=O)NCCNC(=O)C12CC3CC(CC(C3)C1)C2. The van der Waals surface area contributed by atoms with Gasteiger partial charge in [-0.3, -0.25) is 4.79 Å². The highest BCUT2D eigenvalue weighted by Crippen LogP contribution is 2.60. The number of nitrogens with zero attached hydrogens (tertiary/aromatic N) is 1. The molecule has 5 nitrogen and oxygen atoms in total. The molecule has 4 bridgehead atoms. The van der Waals surface area contributed by atoms with Gasteiger partial charge >= 0.3 is 6.03 Å². The van der Waals surface area contributed by atoms with E-state index in [4.69, 9.17) is 0 Å². The van der Waals surface area contributed by atoms with Crippen molar-refractivity contribution in [2.24, 2.45) is 23.2 Å². The van der Waals surface area contributed by atoms with Gasteiger partial charge in [-0.15, -0.1) is 0 Å². The molecule has 4 aliphatic carbocycles. The maximum Gasteiger partial charge on any atom is 0.316 e. The van der Waals surface area contributed by atoms with E-state index >= 15 is 0 Å². The molecule has 4 rings (SSSR count). The molecule has 0 atom stereocenters. The zero-order valence-electron chi connectivity index (χ0n) is 13.2. The third-order valence-electron chi connectivity index (χ3n) is 5.61. The fraction of sp³-hybridized carbons (Fsp3) is 0.875. The Kier molecular flexibility index (Phi) is 3.84. The lowest BCUT2D eigenvalue weighted by Crippen LogP contribution is -2.54. The van der Waals surface area contributed by atoms with Crippen molar-refractivity contribution in [3.63, 3.8) is 0 Å². The van der Waals surface area contributed by atoms with Crippen LogP contribution >= 0.6 is 0 Å². The van der Waals surface area contributed by atoms with Gasteiger partial charge in [0, 0.05) is 32.6 Å². The Hall–Kier alpha value is -1.26. The minimum Gasteiger partial charge on any atom is -0.354 e. The Morgan fingerprint density at radius 2 is 1.43 bits per heavy atom. The van der Waals surface area contributed by atoms with Crippen molar-refractivity contribution >= 4 is 11.9 Å². The van der Waals surface area contributed by atoms with E-state index in [1.165, 1.54) is 24.2 Å². The maximum atomic E-state index is 12.6. The molecule has 0 spiro atoms. The normalized spacial score (nSPS) is 36.4. The van der Waals surface area contributed by atoms with Crippen LogP contribution in [0.15, 0.2) is 0 Å². The molecule has 0 heterocycles. The summed E-state index contributed by atoms with van der Waals surface area (Å²) in [6.45, 7) is 1.02. The average Bonchev–Trinajstić information content (AvgIpc) is 2.41. The number of hydrogen-bond donors (Lipinski definition) is 2. The van der Waals surface area contributed by atoms with Gasteiger partial charge in [-0.05, 0) is 56.3 Å². The van der Waals surface area contributed by atoms with E-state index in [1.807, 2.05) is 0 Å². The van der Waals surface area contributed by atoms with Gasteiger partial charge in [0.2, 0.25) is 5.91 Å². The Labute approximate surface area is 126 Å². The van der Waals surface area contributed by atoms with Crippen LogP contribution in [0.2, 0.25) is 0 Å². The second kappa shape index (κ2) is 5.50. The molecular formula is C16H27N3O2. The number of amides is 3. The summed E-state index contributed by atoms with van der Waals surface area (Å²) in [6.07, 6.45) is 7.33. The third-order valence-corrected chi connectivity index (χ3v) is 5.61. The molecule has 2 N–H and O–H groups in total. The molecule has 4 saturated carbocycles. The van der Waals surface area contributed by atoms with Crippen molar-refractivity contribution in [3.8, 4) is 0 Å². The number of rotatable bonds is 4. The van der Waals surface area contributed by atoms with E-state index in [-0.39, 0.29) is 17.4 Å². The molecule has 21 heavy (non-hydrogen) atoms. The second-order valence-corrected chi connectivity index (χ2v) is 7.58. The molecule has 4 fully saturated rings. The van der Waals surface area contributed by atoms with Gasteiger partial charge < -0.3 is 15.5 Å². The molecule has 0 aromatic carbocycles. The largest absolute Gasteiger partial charge is 0.354 e. The topological polar surface area (TPSA) is 61.4 Å². The summed E-state index contributed by atoms with van der Waals surface area (Å²) in [5, 5.41) is 5.85. The first-order valence-corrected chi connectivity index (χ1v) is 8.22. The molecule has 0 unspecified atom stereocenters. The Balaban J connectivity index is 1.48. The smallest absolute Gasteiger partial charge is 0.316 e. The van der Waals surface area contributed by atoms with Gasteiger partial charge in [-0.1, -0.05) is 0 Å². The summed E-state index contributed by atoms with van der Waals surface area (Å²) in [4.78, 5) is 25.6. The van der Waals surface area contributed by atoms with Crippen molar-refractivity contribution in [1.29, 1.82) is 0 Å². The number of carbonyl (C=O) groups excluding carboxylic acids is 2. The number of carbonyl (C=O) groups is 2. The van der Waals surface area contributed by atoms with Crippen LogP contribution in [0.5, 0.6) is 0 Å². The summed E-state index contributed by atoms with van der Waals surface area (Å²) in [5.74, 6) is 2.60. The highest BCUT2D eigenvalue weighted by molar-refractivity contribution is 5.83.